The topological polar surface area (TPSA) is 71.9 Å². The van der Waals surface area contributed by atoms with Crippen molar-refractivity contribution in [2.75, 3.05) is 0 Å². The molecule has 0 bridgehead atoms. The molecular formula is C4HCl3Mg3N2O2. The van der Waals surface area contributed by atoms with E-state index < -0.39 is 11.9 Å². The van der Waals surface area contributed by atoms with Crippen molar-refractivity contribution in [2.45, 2.75) is 0 Å². The van der Waals surface area contributed by atoms with Crippen molar-refractivity contribution < 1.29 is 47.4 Å². The summed E-state index contributed by atoms with van der Waals surface area (Å²) >= 11 is 0. The van der Waals surface area contributed by atoms with Crippen LogP contribution in [0.2, 0.25) is 0 Å². The van der Waals surface area contributed by atoms with Crippen LogP contribution in [0.5, 0.6) is 11.9 Å². The molecule has 1 heterocycles. The molecule has 0 saturated carbocycles. The van der Waals surface area contributed by atoms with Gasteiger partial charge in [0.1, 0.15) is 0 Å². The molecule has 1 aromatic heterocycles. The summed E-state index contributed by atoms with van der Waals surface area (Å²) < 4.78 is 0. The molecule has 0 spiro atoms. The van der Waals surface area contributed by atoms with E-state index in [2.05, 4.69) is 16.0 Å². The van der Waals surface area contributed by atoms with Crippen molar-refractivity contribution in [3.63, 3.8) is 0 Å². The fourth-order valence-corrected chi connectivity index (χ4v) is 0.291. The third-order valence-corrected chi connectivity index (χ3v) is 0.560. The molecule has 10 heteroatoms. The molecule has 0 aliphatic carbocycles. The van der Waals surface area contributed by atoms with Gasteiger partial charge in [0.15, 0.2) is 0 Å². The van der Waals surface area contributed by atoms with Crippen LogP contribution >= 0.6 is 0 Å². The van der Waals surface area contributed by atoms with Gasteiger partial charge in [-0.2, -0.15) is 6.20 Å². The molecule has 0 saturated heterocycles. The smallest absolute Gasteiger partial charge is 1.00 e. The first-order valence-electron chi connectivity index (χ1n) is 1.88. The fourth-order valence-electron chi connectivity index (χ4n) is 0.291. The summed E-state index contributed by atoms with van der Waals surface area (Å²) in [6, 6.07) is 1.34. The Kier molecular flexibility index (Phi) is 52.2. The van der Waals surface area contributed by atoms with Crippen molar-refractivity contribution in [3.8, 4) is 11.9 Å². The molecule has 0 fully saturated rings. The normalized spacial score (nSPS) is 5.14. The molecule has 4 nitrogen and oxygen atoms in total. The predicted molar refractivity (Wildman–Crippen MR) is 37.0 cm³/mol. The van der Waals surface area contributed by atoms with Gasteiger partial charge in [-0.25, -0.2) is 5.88 Å². The molecule has 0 N–H and O–H groups in total. The van der Waals surface area contributed by atoms with Gasteiger partial charge < -0.3 is 53.5 Å². The van der Waals surface area contributed by atoms with Crippen LogP contribution in [0.15, 0.2) is 6.20 Å². The summed E-state index contributed by atoms with van der Waals surface area (Å²) in [7, 11) is 0. The maximum atomic E-state index is 10.1. The van der Waals surface area contributed by atoms with E-state index in [0.717, 1.165) is 6.20 Å². The molecule has 0 aliphatic rings. The summed E-state index contributed by atoms with van der Waals surface area (Å²) in [5.41, 5.74) is 0. The summed E-state index contributed by atoms with van der Waals surface area (Å²) in [5, 5.41) is 20.1. The maximum Gasteiger partial charge on any atom is 2.00 e. The Labute approximate surface area is 149 Å². The molecular weight excluding hydrogens is 287 g/mol. The van der Waals surface area contributed by atoms with Crippen LogP contribution in [0.1, 0.15) is 0 Å². The van der Waals surface area contributed by atoms with Crippen LogP contribution in [0, 0.1) is 6.07 Å². The number of aromatic nitrogens is 2. The first kappa shape index (κ1) is 36.0. The minimum Gasteiger partial charge on any atom is -1.00 e. The van der Waals surface area contributed by atoms with E-state index in [1.165, 1.54) is 0 Å². The van der Waals surface area contributed by atoms with Crippen LogP contribution in [0.25, 0.3) is 0 Å². The van der Waals surface area contributed by atoms with Gasteiger partial charge in [0.25, 0.3) is 0 Å². The molecule has 0 radical (unpaired) electrons. The molecule has 1 rings (SSSR count). The van der Waals surface area contributed by atoms with Gasteiger partial charge in [0.05, 0.1) is 6.01 Å². The van der Waals surface area contributed by atoms with Gasteiger partial charge in [-0.05, 0) is 0 Å². The first-order valence-corrected chi connectivity index (χ1v) is 1.88. The van der Waals surface area contributed by atoms with E-state index in [0.29, 0.717) is 0 Å². The van der Waals surface area contributed by atoms with Crippen molar-refractivity contribution in [1.82, 2.24) is 9.97 Å². The van der Waals surface area contributed by atoms with Gasteiger partial charge in [0.2, 0.25) is 0 Å². The first-order chi connectivity index (χ1) is 3.79. The number of rotatable bonds is 0. The van der Waals surface area contributed by atoms with Crippen LogP contribution in [-0.2, 0) is 0 Å². The van der Waals surface area contributed by atoms with Crippen LogP contribution in [-0.4, -0.2) is 79.1 Å². The van der Waals surface area contributed by atoms with Gasteiger partial charge in [-0.1, -0.05) is 0 Å². The Morgan fingerprint density at radius 3 is 1.64 bits per heavy atom. The average molecular weight is 288 g/mol. The SMILES string of the molecule is [Cl-].[Cl-].[Cl-].[Mg+2].[Mg+2].[Mg+2].[O-]c1[c-]cnc([O-])n1. The zero-order valence-electron chi connectivity index (χ0n) is 7.04. The molecule has 1 aromatic rings. The Balaban J connectivity index is -0.0000000267. The minimum atomic E-state index is -0.756. The Bertz CT molecular complexity index is 192. The monoisotopic (exact) mass is 286 g/mol. The zero-order valence-corrected chi connectivity index (χ0v) is 13.6. The molecule has 0 atom stereocenters. The number of halogens is 3. The zero-order chi connectivity index (χ0) is 5.98. The van der Waals surface area contributed by atoms with Crippen LogP contribution < -0.4 is 47.4 Å². The quantitative estimate of drug-likeness (QED) is 0.351. The van der Waals surface area contributed by atoms with Crippen molar-refractivity contribution in [2.24, 2.45) is 0 Å². The van der Waals surface area contributed by atoms with E-state index in [4.69, 9.17) is 0 Å². The standard InChI is InChI=1S/C4H3N2O2.3ClH.3Mg/c7-3-1-2-5-4(8)6-3;;;;;;/h2H,(H2,5,6,7,8);3*1H;;;/q-1;;;;3*+2/p-5. The maximum absolute atomic E-state index is 10.1. The van der Waals surface area contributed by atoms with Gasteiger partial charge in [-0.15, -0.1) is 0 Å². The minimum absolute atomic E-state index is 0. The van der Waals surface area contributed by atoms with E-state index >= 15 is 0 Å². The number of hydrogen-bond acceptors (Lipinski definition) is 4. The Hall–Kier alpha value is 1.85. The Morgan fingerprint density at radius 1 is 1.00 bits per heavy atom. The predicted octanol–water partition coefficient (Wildman–Crippen LogP) is -11.7. The van der Waals surface area contributed by atoms with E-state index in [-0.39, 0.29) is 106 Å². The van der Waals surface area contributed by atoms with E-state index in [1.807, 2.05) is 0 Å². The van der Waals surface area contributed by atoms with Gasteiger partial charge in [-0.3, -0.25) is 9.97 Å². The van der Waals surface area contributed by atoms with Crippen molar-refractivity contribution in [1.29, 1.82) is 0 Å². The third kappa shape index (κ3) is 16.3. The van der Waals surface area contributed by atoms with E-state index in [1.54, 1.807) is 0 Å². The number of nitrogens with zero attached hydrogens (tertiary/aromatic N) is 2. The second-order valence-corrected chi connectivity index (χ2v) is 1.10. The molecule has 0 aromatic carbocycles. The molecule has 0 amide bonds. The van der Waals surface area contributed by atoms with Gasteiger partial charge >= 0.3 is 69.2 Å². The van der Waals surface area contributed by atoms with Crippen molar-refractivity contribution in [3.05, 3.63) is 12.3 Å². The molecule has 14 heavy (non-hydrogen) atoms. The third-order valence-electron chi connectivity index (χ3n) is 0.560. The largest absolute Gasteiger partial charge is 2.00 e. The number of hydrogen-bond donors (Lipinski definition) is 0. The Morgan fingerprint density at radius 2 is 1.43 bits per heavy atom. The summed E-state index contributed by atoms with van der Waals surface area (Å²) in [6.45, 7) is 0. The summed E-state index contributed by atoms with van der Waals surface area (Å²) in [5.74, 6) is -0.662. The van der Waals surface area contributed by atoms with Crippen LogP contribution in [0.3, 0.4) is 0 Å². The second kappa shape index (κ2) is 20.3. The summed E-state index contributed by atoms with van der Waals surface area (Å²) in [6.07, 6.45) is 1.01. The van der Waals surface area contributed by atoms with Crippen molar-refractivity contribution >= 4 is 69.2 Å². The fraction of sp³-hybridized carbons (Fsp3) is 0. The molecule has 66 valence electrons. The van der Waals surface area contributed by atoms with E-state index in [9.17, 15) is 10.2 Å². The second-order valence-electron chi connectivity index (χ2n) is 1.10. The molecule has 0 aliphatic heterocycles. The summed E-state index contributed by atoms with van der Waals surface area (Å²) in [4.78, 5) is 6.01. The van der Waals surface area contributed by atoms with Crippen LogP contribution in [0.4, 0.5) is 0 Å². The molecule has 0 unspecified atom stereocenters. The van der Waals surface area contributed by atoms with Gasteiger partial charge in [0, 0.05) is 0 Å². The average Bonchev–Trinajstić information content (AvgIpc) is 1.64.